The summed E-state index contributed by atoms with van der Waals surface area (Å²) in [4.78, 5) is 2.60. The van der Waals surface area contributed by atoms with Gasteiger partial charge in [0, 0.05) is 23.5 Å². The third kappa shape index (κ3) is 3.16. The predicted molar refractivity (Wildman–Crippen MR) is 88.2 cm³/mol. The van der Waals surface area contributed by atoms with E-state index in [0.717, 1.165) is 42.2 Å². The Morgan fingerprint density at radius 3 is 2.90 bits per heavy atom. The van der Waals surface area contributed by atoms with Crippen molar-refractivity contribution in [2.45, 2.75) is 45.1 Å². The zero-order valence-electron chi connectivity index (χ0n) is 12.8. The number of hydrogen-bond donors (Lipinski definition) is 2. The molecule has 0 bridgehead atoms. The van der Waals surface area contributed by atoms with Crippen LogP contribution in [0.2, 0.25) is 0 Å². The standard InChI is InChI=1S/C17H25N3O/c1-12-5-2-3-7-20(12)8-4-6-15-10-13-9-14(18)11-16(19)17(13)21-15/h9-12H,2-8,18-19H2,1H3. The molecule has 4 nitrogen and oxygen atoms in total. The van der Waals surface area contributed by atoms with Crippen LogP contribution in [0, 0.1) is 0 Å². The number of fused-ring (bicyclic) bond motifs is 1. The summed E-state index contributed by atoms with van der Waals surface area (Å²) in [5, 5.41) is 1.01. The first kappa shape index (κ1) is 14.3. The summed E-state index contributed by atoms with van der Waals surface area (Å²) in [6, 6.07) is 6.47. The third-order valence-corrected chi connectivity index (χ3v) is 4.53. The molecule has 1 aliphatic heterocycles. The van der Waals surface area contributed by atoms with Crippen LogP contribution in [0.5, 0.6) is 0 Å². The highest BCUT2D eigenvalue weighted by molar-refractivity contribution is 5.91. The Bertz CT molecular complexity index is 620. The van der Waals surface area contributed by atoms with Crippen molar-refractivity contribution < 1.29 is 4.42 Å². The largest absolute Gasteiger partial charge is 0.459 e. The molecule has 1 saturated heterocycles. The average Bonchev–Trinajstić information content (AvgIpc) is 2.84. The average molecular weight is 287 g/mol. The number of nitrogen functional groups attached to an aromatic ring is 2. The molecular formula is C17H25N3O. The van der Waals surface area contributed by atoms with Gasteiger partial charge in [0.2, 0.25) is 0 Å². The summed E-state index contributed by atoms with van der Waals surface area (Å²) in [6.07, 6.45) is 6.13. The molecule has 0 amide bonds. The van der Waals surface area contributed by atoms with Crippen LogP contribution in [0.4, 0.5) is 11.4 Å². The molecule has 1 aliphatic rings. The van der Waals surface area contributed by atoms with Crippen molar-refractivity contribution in [2.75, 3.05) is 24.6 Å². The first-order valence-corrected chi connectivity index (χ1v) is 7.95. The van der Waals surface area contributed by atoms with Gasteiger partial charge in [0.25, 0.3) is 0 Å². The Balaban J connectivity index is 1.61. The SMILES string of the molecule is CC1CCCCN1CCCc1cc2cc(N)cc(N)c2o1. The maximum absolute atomic E-state index is 5.95. The van der Waals surface area contributed by atoms with Gasteiger partial charge in [-0.15, -0.1) is 0 Å². The smallest absolute Gasteiger partial charge is 0.157 e. The van der Waals surface area contributed by atoms with Gasteiger partial charge < -0.3 is 20.8 Å². The summed E-state index contributed by atoms with van der Waals surface area (Å²) in [6.45, 7) is 4.73. The number of anilines is 2. The van der Waals surface area contributed by atoms with Gasteiger partial charge in [0.05, 0.1) is 5.69 Å². The summed E-state index contributed by atoms with van der Waals surface area (Å²) in [5.74, 6) is 1.01. The highest BCUT2D eigenvalue weighted by Gasteiger charge is 2.17. The van der Waals surface area contributed by atoms with E-state index in [2.05, 4.69) is 17.9 Å². The van der Waals surface area contributed by atoms with Crippen molar-refractivity contribution in [1.82, 2.24) is 4.90 Å². The van der Waals surface area contributed by atoms with E-state index in [1.807, 2.05) is 6.07 Å². The molecule has 2 aromatic rings. The van der Waals surface area contributed by atoms with E-state index in [9.17, 15) is 0 Å². The van der Waals surface area contributed by atoms with E-state index in [1.165, 1.54) is 25.8 Å². The Morgan fingerprint density at radius 2 is 2.10 bits per heavy atom. The number of hydrogen-bond acceptors (Lipinski definition) is 4. The van der Waals surface area contributed by atoms with Gasteiger partial charge in [-0.25, -0.2) is 0 Å². The molecule has 114 valence electrons. The summed E-state index contributed by atoms with van der Waals surface area (Å²) in [7, 11) is 0. The Hall–Kier alpha value is -1.68. The van der Waals surface area contributed by atoms with Crippen LogP contribution in [-0.2, 0) is 6.42 Å². The number of rotatable bonds is 4. The zero-order valence-corrected chi connectivity index (χ0v) is 12.8. The molecule has 2 heterocycles. The molecule has 4 N–H and O–H groups in total. The summed E-state index contributed by atoms with van der Waals surface area (Å²) < 4.78 is 5.87. The number of aryl methyl sites for hydroxylation is 1. The maximum atomic E-state index is 5.95. The number of furan rings is 1. The van der Waals surface area contributed by atoms with Gasteiger partial charge in [-0.3, -0.25) is 0 Å². The highest BCUT2D eigenvalue weighted by atomic mass is 16.3. The topological polar surface area (TPSA) is 68.4 Å². The minimum absolute atomic E-state index is 0.626. The van der Waals surface area contributed by atoms with Crippen LogP contribution < -0.4 is 11.5 Å². The second kappa shape index (κ2) is 5.98. The normalized spacial score (nSPS) is 20.1. The van der Waals surface area contributed by atoms with Gasteiger partial charge in [-0.1, -0.05) is 6.42 Å². The molecule has 1 atom stereocenters. The molecule has 1 unspecified atom stereocenters. The van der Waals surface area contributed by atoms with Crippen molar-refractivity contribution in [2.24, 2.45) is 0 Å². The summed E-state index contributed by atoms with van der Waals surface area (Å²) >= 11 is 0. The van der Waals surface area contributed by atoms with E-state index in [4.69, 9.17) is 15.9 Å². The van der Waals surface area contributed by atoms with Crippen LogP contribution >= 0.6 is 0 Å². The lowest BCUT2D eigenvalue weighted by molar-refractivity contribution is 0.158. The lowest BCUT2D eigenvalue weighted by Gasteiger charge is -2.33. The molecule has 1 aromatic heterocycles. The quantitative estimate of drug-likeness (QED) is 0.846. The fourth-order valence-corrected chi connectivity index (χ4v) is 3.33. The minimum atomic E-state index is 0.626. The molecule has 0 aliphatic carbocycles. The van der Waals surface area contributed by atoms with E-state index in [0.29, 0.717) is 11.4 Å². The fraction of sp³-hybridized carbons (Fsp3) is 0.529. The van der Waals surface area contributed by atoms with Crippen LogP contribution in [0.15, 0.2) is 22.6 Å². The molecule has 0 spiro atoms. The second-order valence-corrected chi connectivity index (χ2v) is 6.23. The molecule has 1 fully saturated rings. The predicted octanol–water partition coefficient (Wildman–Crippen LogP) is 3.40. The van der Waals surface area contributed by atoms with Crippen LogP contribution in [-0.4, -0.2) is 24.0 Å². The fourth-order valence-electron chi connectivity index (χ4n) is 3.33. The Kier molecular flexibility index (Phi) is 4.06. The lowest BCUT2D eigenvalue weighted by Crippen LogP contribution is -2.38. The van der Waals surface area contributed by atoms with Crippen molar-refractivity contribution >= 4 is 22.3 Å². The first-order valence-electron chi connectivity index (χ1n) is 7.95. The zero-order chi connectivity index (χ0) is 14.8. The van der Waals surface area contributed by atoms with Crippen molar-refractivity contribution in [3.8, 4) is 0 Å². The molecule has 1 aromatic carbocycles. The molecule has 0 radical (unpaired) electrons. The van der Waals surface area contributed by atoms with Gasteiger partial charge in [-0.05, 0) is 57.5 Å². The van der Waals surface area contributed by atoms with Gasteiger partial charge in [0.15, 0.2) is 5.58 Å². The van der Waals surface area contributed by atoms with Crippen molar-refractivity contribution in [3.05, 3.63) is 24.0 Å². The van der Waals surface area contributed by atoms with E-state index >= 15 is 0 Å². The maximum Gasteiger partial charge on any atom is 0.157 e. The lowest BCUT2D eigenvalue weighted by atomic mass is 10.0. The number of piperidine rings is 1. The molecule has 3 rings (SSSR count). The second-order valence-electron chi connectivity index (χ2n) is 6.23. The highest BCUT2D eigenvalue weighted by Crippen LogP contribution is 2.28. The van der Waals surface area contributed by atoms with Crippen LogP contribution in [0.25, 0.3) is 11.0 Å². The van der Waals surface area contributed by atoms with Crippen molar-refractivity contribution in [3.63, 3.8) is 0 Å². The Labute approximate surface area is 126 Å². The number of nitrogens with zero attached hydrogens (tertiary/aromatic N) is 1. The first-order chi connectivity index (χ1) is 10.1. The van der Waals surface area contributed by atoms with Crippen LogP contribution in [0.3, 0.4) is 0 Å². The van der Waals surface area contributed by atoms with E-state index in [-0.39, 0.29) is 0 Å². The monoisotopic (exact) mass is 287 g/mol. The molecular weight excluding hydrogens is 262 g/mol. The van der Waals surface area contributed by atoms with E-state index < -0.39 is 0 Å². The number of likely N-dealkylation sites (tertiary alicyclic amines) is 1. The van der Waals surface area contributed by atoms with Crippen molar-refractivity contribution in [1.29, 1.82) is 0 Å². The number of benzene rings is 1. The van der Waals surface area contributed by atoms with Gasteiger partial charge in [-0.2, -0.15) is 0 Å². The number of nitrogens with two attached hydrogens (primary N) is 2. The Morgan fingerprint density at radius 1 is 1.24 bits per heavy atom. The third-order valence-electron chi connectivity index (χ3n) is 4.53. The minimum Gasteiger partial charge on any atom is -0.459 e. The molecule has 21 heavy (non-hydrogen) atoms. The van der Waals surface area contributed by atoms with E-state index in [1.54, 1.807) is 6.07 Å². The van der Waals surface area contributed by atoms with Gasteiger partial charge in [0.1, 0.15) is 5.76 Å². The van der Waals surface area contributed by atoms with Crippen LogP contribution in [0.1, 0.15) is 38.4 Å². The van der Waals surface area contributed by atoms with Gasteiger partial charge >= 0.3 is 0 Å². The molecule has 4 heteroatoms. The summed E-state index contributed by atoms with van der Waals surface area (Å²) in [5.41, 5.74) is 13.9. The molecule has 0 saturated carbocycles.